The van der Waals surface area contributed by atoms with Gasteiger partial charge >= 0.3 is 0 Å². The Kier molecular flexibility index (Phi) is 7.10. The maximum absolute atomic E-state index is 13.5. The maximum atomic E-state index is 13.5. The lowest BCUT2D eigenvalue weighted by Gasteiger charge is -2.30. The highest BCUT2D eigenvalue weighted by Crippen LogP contribution is 2.29. The first kappa shape index (κ1) is 23.7. The van der Waals surface area contributed by atoms with Crippen molar-refractivity contribution in [3.05, 3.63) is 101 Å². The number of benzene rings is 3. The molecular formula is C27H27ClN4O2. The Morgan fingerprint density at radius 2 is 1.76 bits per heavy atom. The highest BCUT2D eigenvalue weighted by molar-refractivity contribution is 6.30. The molecule has 4 rings (SSSR count). The van der Waals surface area contributed by atoms with E-state index in [0.717, 1.165) is 22.4 Å². The van der Waals surface area contributed by atoms with E-state index < -0.39 is 18.2 Å². The van der Waals surface area contributed by atoms with Gasteiger partial charge in [-0.25, -0.2) is 0 Å². The largest absolute Gasteiger partial charge is 0.356 e. The highest BCUT2D eigenvalue weighted by Gasteiger charge is 2.36. The number of amides is 1. The van der Waals surface area contributed by atoms with Crippen LogP contribution in [0.3, 0.4) is 0 Å². The summed E-state index contributed by atoms with van der Waals surface area (Å²) in [5.41, 5.74) is 10.7. The molecule has 0 bridgehead atoms. The lowest BCUT2D eigenvalue weighted by Crippen LogP contribution is -2.55. The van der Waals surface area contributed by atoms with Crippen LogP contribution in [-0.4, -0.2) is 42.7 Å². The Labute approximate surface area is 204 Å². The van der Waals surface area contributed by atoms with E-state index in [0.29, 0.717) is 10.7 Å². The normalized spacial score (nSPS) is 18.4. The van der Waals surface area contributed by atoms with Gasteiger partial charge in [-0.05, 0) is 30.7 Å². The van der Waals surface area contributed by atoms with Crippen LogP contribution in [0, 0.1) is 0 Å². The molecule has 3 aromatic carbocycles. The number of carbonyl (C=O) groups excluding carboxylic acids is 2. The van der Waals surface area contributed by atoms with E-state index in [2.05, 4.69) is 5.32 Å². The molecule has 1 amide bonds. The van der Waals surface area contributed by atoms with Crippen molar-refractivity contribution in [3.63, 3.8) is 0 Å². The van der Waals surface area contributed by atoms with Crippen LogP contribution in [0.2, 0.25) is 5.02 Å². The molecule has 0 aliphatic carbocycles. The van der Waals surface area contributed by atoms with Crippen molar-refractivity contribution in [1.29, 1.82) is 0 Å². The van der Waals surface area contributed by atoms with E-state index in [1.54, 1.807) is 25.1 Å². The summed E-state index contributed by atoms with van der Waals surface area (Å²) >= 11 is 6.01. The second kappa shape index (κ2) is 10.2. The number of ketones is 1. The molecule has 3 N–H and O–H groups in total. The third-order valence-corrected chi connectivity index (χ3v) is 6.21. The first-order valence-electron chi connectivity index (χ1n) is 11.1. The number of fused-ring (bicyclic) bond motifs is 1. The molecule has 0 fully saturated rings. The smallest absolute Gasteiger partial charge is 0.224 e. The predicted molar refractivity (Wildman–Crippen MR) is 136 cm³/mol. The number of Topliss-reactive ketones (excluding diaryl/α,β-unsaturated/α-hetero) is 1. The lowest BCUT2D eigenvalue weighted by molar-refractivity contribution is -0.127. The van der Waals surface area contributed by atoms with E-state index in [4.69, 9.17) is 22.3 Å². The molecule has 1 aliphatic heterocycles. The second-order valence-corrected chi connectivity index (χ2v) is 8.84. The van der Waals surface area contributed by atoms with Crippen molar-refractivity contribution >= 4 is 34.7 Å². The average Bonchev–Trinajstić information content (AvgIpc) is 2.94. The number of aliphatic imine (C=N–C) groups is 1. The molecule has 3 aromatic rings. The van der Waals surface area contributed by atoms with E-state index in [-0.39, 0.29) is 18.1 Å². The van der Waals surface area contributed by atoms with Gasteiger partial charge in [0.25, 0.3) is 0 Å². The standard InChI is InChI=1S/C27H27ClN4O2/c1-17(30-23(33)16-18-9-8-12-20(28)15-18)26(34)25-27(29)32(2)22-14-7-6-13-21(22)24(31-25)19-10-4-3-5-11-19/h3-15,17,25,27H,16,29H2,1-2H3,(H,30,33)/t17?,25?,27-/m0/s1. The van der Waals surface area contributed by atoms with Gasteiger partial charge < -0.3 is 16.0 Å². The number of carbonyl (C=O) groups is 2. The van der Waals surface area contributed by atoms with Gasteiger partial charge in [-0.2, -0.15) is 0 Å². The summed E-state index contributed by atoms with van der Waals surface area (Å²) in [6.07, 6.45) is -0.569. The minimum atomic E-state index is -0.867. The van der Waals surface area contributed by atoms with Gasteiger partial charge in [-0.15, -0.1) is 0 Å². The summed E-state index contributed by atoms with van der Waals surface area (Å²) in [5.74, 6) is -0.519. The Balaban J connectivity index is 1.61. The van der Waals surface area contributed by atoms with Gasteiger partial charge in [-0.1, -0.05) is 72.3 Å². The molecule has 6 nitrogen and oxygen atoms in total. The molecule has 34 heavy (non-hydrogen) atoms. The fourth-order valence-corrected chi connectivity index (χ4v) is 4.36. The molecule has 3 atom stereocenters. The predicted octanol–water partition coefficient (Wildman–Crippen LogP) is 3.60. The summed E-state index contributed by atoms with van der Waals surface area (Å²) in [4.78, 5) is 32.9. The quantitative estimate of drug-likeness (QED) is 0.571. The number of rotatable bonds is 6. The summed E-state index contributed by atoms with van der Waals surface area (Å²) in [7, 11) is 1.86. The van der Waals surface area contributed by atoms with Crippen molar-refractivity contribution in [2.45, 2.75) is 31.6 Å². The maximum Gasteiger partial charge on any atom is 0.224 e. The first-order valence-corrected chi connectivity index (χ1v) is 11.5. The topological polar surface area (TPSA) is 87.8 Å². The van der Waals surface area contributed by atoms with Crippen molar-refractivity contribution in [3.8, 4) is 0 Å². The van der Waals surface area contributed by atoms with E-state index in [1.165, 1.54) is 0 Å². The van der Waals surface area contributed by atoms with Crippen LogP contribution in [0.4, 0.5) is 5.69 Å². The Bertz CT molecular complexity index is 1230. The Hall–Kier alpha value is -3.48. The number of hydrogen-bond acceptors (Lipinski definition) is 5. The van der Waals surface area contributed by atoms with Crippen LogP contribution >= 0.6 is 11.6 Å². The summed E-state index contributed by atoms with van der Waals surface area (Å²) in [6, 6.07) is 23.0. The minimum Gasteiger partial charge on any atom is -0.356 e. The number of nitrogens with one attached hydrogen (secondary N) is 1. The molecular weight excluding hydrogens is 448 g/mol. The number of para-hydroxylation sites is 1. The summed E-state index contributed by atoms with van der Waals surface area (Å²) in [6.45, 7) is 1.67. The lowest BCUT2D eigenvalue weighted by atomic mass is 10.00. The van der Waals surface area contributed by atoms with Gasteiger partial charge in [0.1, 0.15) is 12.2 Å². The fraction of sp³-hybridized carbons (Fsp3) is 0.222. The molecule has 0 saturated carbocycles. The Morgan fingerprint density at radius 1 is 1.06 bits per heavy atom. The molecule has 1 aliphatic rings. The van der Waals surface area contributed by atoms with Crippen LogP contribution in [0.5, 0.6) is 0 Å². The first-order chi connectivity index (χ1) is 16.3. The highest BCUT2D eigenvalue weighted by atomic mass is 35.5. The monoisotopic (exact) mass is 474 g/mol. The third-order valence-electron chi connectivity index (χ3n) is 5.97. The number of halogens is 1. The van der Waals surface area contributed by atoms with Gasteiger partial charge in [0.05, 0.1) is 18.2 Å². The van der Waals surface area contributed by atoms with Crippen LogP contribution < -0.4 is 16.0 Å². The van der Waals surface area contributed by atoms with Crippen LogP contribution in [-0.2, 0) is 16.0 Å². The van der Waals surface area contributed by atoms with Gasteiger partial charge in [0.15, 0.2) is 5.78 Å². The van der Waals surface area contributed by atoms with Crippen molar-refractivity contribution in [2.24, 2.45) is 10.7 Å². The number of nitrogens with two attached hydrogens (primary N) is 1. The zero-order valence-electron chi connectivity index (χ0n) is 19.1. The average molecular weight is 475 g/mol. The van der Waals surface area contributed by atoms with Crippen LogP contribution in [0.1, 0.15) is 23.6 Å². The van der Waals surface area contributed by atoms with E-state index in [1.807, 2.05) is 72.6 Å². The zero-order chi connectivity index (χ0) is 24.2. The number of hydrogen-bond donors (Lipinski definition) is 2. The molecule has 0 saturated heterocycles. The van der Waals surface area contributed by atoms with Gasteiger partial charge in [-0.3, -0.25) is 14.6 Å². The Morgan fingerprint density at radius 3 is 2.50 bits per heavy atom. The molecule has 2 unspecified atom stereocenters. The number of likely N-dealkylation sites (N-methyl/N-ethyl adjacent to an activating group) is 1. The van der Waals surface area contributed by atoms with Crippen LogP contribution in [0.25, 0.3) is 0 Å². The van der Waals surface area contributed by atoms with Crippen LogP contribution in [0.15, 0.2) is 83.9 Å². The van der Waals surface area contributed by atoms with Crippen molar-refractivity contribution in [1.82, 2.24) is 5.32 Å². The SMILES string of the molecule is CC(NC(=O)Cc1cccc(Cl)c1)C(=O)C1N=C(c2ccccc2)c2ccccc2N(C)[C@@H]1N. The third kappa shape index (κ3) is 5.03. The molecule has 1 heterocycles. The number of anilines is 1. The fourth-order valence-electron chi connectivity index (χ4n) is 4.15. The van der Waals surface area contributed by atoms with Crippen molar-refractivity contribution in [2.75, 3.05) is 11.9 Å². The van der Waals surface area contributed by atoms with Crippen molar-refractivity contribution < 1.29 is 9.59 Å². The summed E-state index contributed by atoms with van der Waals surface area (Å²) in [5, 5.41) is 3.36. The minimum absolute atomic E-state index is 0.124. The zero-order valence-corrected chi connectivity index (χ0v) is 19.9. The number of benzodiazepines with no additional fused rings is 1. The molecule has 0 spiro atoms. The molecule has 7 heteroatoms. The van der Waals surface area contributed by atoms with E-state index in [9.17, 15) is 9.59 Å². The van der Waals surface area contributed by atoms with E-state index >= 15 is 0 Å². The second-order valence-electron chi connectivity index (χ2n) is 8.41. The molecule has 174 valence electrons. The molecule has 0 aromatic heterocycles. The number of nitrogens with zero attached hydrogens (tertiary/aromatic N) is 2. The molecule has 0 radical (unpaired) electrons. The van der Waals surface area contributed by atoms with Gasteiger partial charge in [0.2, 0.25) is 5.91 Å². The summed E-state index contributed by atoms with van der Waals surface area (Å²) < 4.78 is 0. The van der Waals surface area contributed by atoms with Gasteiger partial charge in [0, 0.05) is 28.9 Å².